The summed E-state index contributed by atoms with van der Waals surface area (Å²) in [4.78, 5) is 13.2. The first-order chi connectivity index (χ1) is 7.72. The molecule has 0 radical (unpaired) electrons. The minimum absolute atomic E-state index is 0.399. The van der Waals surface area contributed by atoms with E-state index in [1.807, 2.05) is 12.1 Å². The van der Waals surface area contributed by atoms with Crippen molar-refractivity contribution in [1.82, 2.24) is 0 Å². The summed E-state index contributed by atoms with van der Waals surface area (Å²) < 4.78 is 0. The smallest absolute Gasteiger partial charge is 0.335 e. The van der Waals surface area contributed by atoms with Crippen LogP contribution in [0.15, 0.2) is 18.2 Å². The van der Waals surface area contributed by atoms with Gasteiger partial charge >= 0.3 is 5.97 Å². The molecular formula is C13H17NO2. The van der Waals surface area contributed by atoms with Crippen molar-refractivity contribution in [3.63, 3.8) is 0 Å². The third kappa shape index (κ3) is 2.03. The topological polar surface area (TPSA) is 40.5 Å². The van der Waals surface area contributed by atoms with Gasteiger partial charge in [-0.05, 0) is 36.6 Å². The van der Waals surface area contributed by atoms with E-state index in [0.717, 1.165) is 19.5 Å². The molecule has 0 aliphatic carbocycles. The Hall–Kier alpha value is -1.51. The minimum Gasteiger partial charge on any atom is -0.478 e. The van der Waals surface area contributed by atoms with Gasteiger partial charge in [0.2, 0.25) is 0 Å². The number of hydrogen-bond donors (Lipinski definition) is 1. The van der Waals surface area contributed by atoms with E-state index in [2.05, 4.69) is 11.8 Å². The summed E-state index contributed by atoms with van der Waals surface area (Å²) >= 11 is 0. The number of unbranched alkanes of at least 4 members (excludes halogenated alkanes) is 1. The van der Waals surface area contributed by atoms with Gasteiger partial charge in [-0.15, -0.1) is 0 Å². The van der Waals surface area contributed by atoms with Gasteiger partial charge in [-0.25, -0.2) is 4.79 Å². The Morgan fingerprint density at radius 2 is 2.31 bits per heavy atom. The van der Waals surface area contributed by atoms with Gasteiger partial charge in [0.1, 0.15) is 0 Å². The van der Waals surface area contributed by atoms with Crippen molar-refractivity contribution in [2.75, 3.05) is 18.0 Å². The summed E-state index contributed by atoms with van der Waals surface area (Å²) in [5.74, 6) is -0.838. The van der Waals surface area contributed by atoms with Crippen LogP contribution in [0.5, 0.6) is 0 Å². The number of carboxylic acids is 1. The van der Waals surface area contributed by atoms with Crippen molar-refractivity contribution < 1.29 is 9.90 Å². The zero-order valence-electron chi connectivity index (χ0n) is 9.57. The number of fused-ring (bicyclic) bond motifs is 1. The Labute approximate surface area is 95.7 Å². The number of aromatic carboxylic acids is 1. The van der Waals surface area contributed by atoms with Crippen LogP contribution in [0.1, 0.15) is 35.7 Å². The van der Waals surface area contributed by atoms with E-state index in [1.54, 1.807) is 6.07 Å². The lowest BCUT2D eigenvalue weighted by molar-refractivity contribution is 0.0697. The highest BCUT2D eigenvalue weighted by Crippen LogP contribution is 2.28. The fraction of sp³-hybridized carbons (Fsp3) is 0.462. The number of nitrogens with zero attached hydrogens (tertiary/aromatic N) is 1. The third-order valence-electron chi connectivity index (χ3n) is 3.10. The maximum Gasteiger partial charge on any atom is 0.335 e. The summed E-state index contributed by atoms with van der Waals surface area (Å²) in [7, 11) is 0. The van der Waals surface area contributed by atoms with E-state index in [4.69, 9.17) is 5.11 Å². The van der Waals surface area contributed by atoms with Gasteiger partial charge in [0, 0.05) is 18.8 Å². The molecule has 1 aliphatic heterocycles. The molecule has 1 aliphatic rings. The summed E-state index contributed by atoms with van der Waals surface area (Å²) in [6.45, 7) is 4.29. The van der Waals surface area contributed by atoms with Gasteiger partial charge in [-0.2, -0.15) is 0 Å². The van der Waals surface area contributed by atoms with Gasteiger partial charge < -0.3 is 10.0 Å². The van der Waals surface area contributed by atoms with Crippen molar-refractivity contribution in [2.24, 2.45) is 0 Å². The van der Waals surface area contributed by atoms with Crippen LogP contribution in [0.25, 0.3) is 0 Å². The second-order valence-corrected chi connectivity index (χ2v) is 4.24. The van der Waals surface area contributed by atoms with Crippen LogP contribution in [0, 0.1) is 0 Å². The normalized spacial score (nSPS) is 13.9. The van der Waals surface area contributed by atoms with Crippen LogP contribution in [-0.4, -0.2) is 24.2 Å². The quantitative estimate of drug-likeness (QED) is 0.846. The zero-order chi connectivity index (χ0) is 11.5. The van der Waals surface area contributed by atoms with Gasteiger partial charge in [-0.3, -0.25) is 0 Å². The monoisotopic (exact) mass is 219 g/mol. The predicted molar refractivity (Wildman–Crippen MR) is 64.2 cm³/mol. The molecule has 3 heteroatoms. The number of benzene rings is 1. The van der Waals surface area contributed by atoms with E-state index in [9.17, 15) is 4.79 Å². The van der Waals surface area contributed by atoms with Gasteiger partial charge in [-0.1, -0.05) is 13.3 Å². The van der Waals surface area contributed by atoms with Gasteiger partial charge in [0.05, 0.1) is 5.56 Å². The standard InChI is InChI=1S/C13H17NO2/c1-2-3-7-14-8-6-10-9-11(13(15)16)4-5-12(10)14/h4-5,9H,2-3,6-8H2,1H3,(H,15,16). The molecule has 0 amide bonds. The Balaban J connectivity index is 2.18. The third-order valence-corrected chi connectivity index (χ3v) is 3.10. The molecule has 1 aromatic rings. The SMILES string of the molecule is CCCCN1CCc2cc(C(=O)O)ccc21. The van der Waals surface area contributed by atoms with Crippen molar-refractivity contribution in [3.05, 3.63) is 29.3 Å². The van der Waals surface area contributed by atoms with Crippen molar-refractivity contribution >= 4 is 11.7 Å². The molecule has 2 rings (SSSR count). The molecule has 0 atom stereocenters. The summed E-state index contributed by atoms with van der Waals surface area (Å²) in [5.41, 5.74) is 2.80. The molecule has 0 unspecified atom stereocenters. The number of carboxylic acid groups (broad SMARTS) is 1. The van der Waals surface area contributed by atoms with E-state index in [1.165, 1.54) is 24.1 Å². The molecule has 86 valence electrons. The van der Waals surface area contributed by atoms with Crippen molar-refractivity contribution in [3.8, 4) is 0 Å². The number of rotatable bonds is 4. The molecule has 16 heavy (non-hydrogen) atoms. The van der Waals surface area contributed by atoms with Crippen molar-refractivity contribution in [2.45, 2.75) is 26.2 Å². The average molecular weight is 219 g/mol. The van der Waals surface area contributed by atoms with Gasteiger partial charge in [0.25, 0.3) is 0 Å². The van der Waals surface area contributed by atoms with E-state index < -0.39 is 5.97 Å². The zero-order valence-corrected chi connectivity index (χ0v) is 9.57. The molecule has 1 N–H and O–H groups in total. The maximum atomic E-state index is 10.8. The first-order valence-corrected chi connectivity index (χ1v) is 5.83. The lowest BCUT2D eigenvalue weighted by Gasteiger charge is -2.18. The Kier molecular flexibility index (Phi) is 3.13. The van der Waals surface area contributed by atoms with Crippen molar-refractivity contribution in [1.29, 1.82) is 0 Å². The fourth-order valence-corrected chi connectivity index (χ4v) is 2.18. The fourth-order valence-electron chi connectivity index (χ4n) is 2.18. The van der Waals surface area contributed by atoms with E-state index in [-0.39, 0.29) is 0 Å². The molecule has 0 saturated carbocycles. The number of anilines is 1. The lowest BCUT2D eigenvalue weighted by Crippen LogP contribution is -2.21. The molecule has 0 fully saturated rings. The van der Waals surface area contributed by atoms with Crippen LogP contribution in [-0.2, 0) is 6.42 Å². The van der Waals surface area contributed by atoms with E-state index >= 15 is 0 Å². The van der Waals surface area contributed by atoms with Crippen LogP contribution in [0.2, 0.25) is 0 Å². The Morgan fingerprint density at radius 3 is 3.00 bits per heavy atom. The highest BCUT2D eigenvalue weighted by atomic mass is 16.4. The minimum atomic E-state index is -0.838. The maximum absolute atomic E-state index is 10.8. The highest BCUT2D eigenvalue weighted by Gasteiger charge is 2.19. The van der Waals surface area contributed by atoms with Gasteiger partial charge in [0.15, 0.2) is 0 Å². The van der Waals surface area contributed by atoms with E-state index in [0.29, 0.717) is 5.56 Å². The van der Waals surface area contributed by atoms with Crippen LogP contribution in [0.4, 0.5) is 5.69 Å². The number of carbonyl (C=O) groups is 1. The second-order valence-electron chi connectivity index (χ2n) is 4.24. The number of hydrogen-bond acceptors (Lipinski definition) is 2. The lowest BCUT2D eigenvalue weighted by atomic mass is 10.1. The molecule has 0 saturated heterocycles. The first-order valence-electron chi connectivity index (χ1n) is 5.83. The average Bonchev–Trinajstić information content (AvgIpc) is 2.68. The molecule has 0 spiro atoms. The first kappa shape index (κ1) is 11.0. The second kappa shape index (κ2) is 4.56. The van der Waals surface area contributed by atoms with Crippen LogP contribution in [0.3, 0.4) is 0 Å². The highest BCUT2D eigenvalue weighted by molar-refractivity contribution is 5.88. The molecule has 0 bridgehead atoms. The molecule has 1 heterocycles. The molecular weight excluding hydrogens is 202 g/mol. The summed E-state index contributed by atoms with van der Waals surface area (Å²) in [6.07, 6.45) is 3.36. The van der Waals surface area contributed by atoms with Crippen LogP contribution < -0.4 is 4.90 Å². The largest absolute Gasteiger partial charge is 0.478 e. The molecule has 3 nitrogen and oxygen atoms in total. The van der Waals surface area contributed by atoms with Crippen LogP contribution >= 0.6 is 0 Å². The summed E-state index contributed by atoms with van der Waals surface area (Å²) in [6, 6.07) is 5.45. The molecule has 1 aromatic carbocycles. The summed E-state index contributed by atoms with van der Waals surface area (Å²) in [5, 5.41) is 8.91. The molecule has 0 aromatic heterocycles. The predicted octanol–water partition coefficient (Wildman–Crippen LogP) is 2.55. The Morgan fingerprint density at radius 1 is 1.50 bits per heavy atom. The Bertz CT molecular complexity index is 401.